The minimum Gasteiger partial charge on any atom is -0.397 e. The van der Waals surface area contributed by atoms with Crippen molar-refractivity contribution in [3.63, 3.8) is 0 Å². The van der Waals surface area contributed by atoms with Gasteiger partial charge in [-0.05, 0) is 36.1 Å². The maximum Gasteiger partial charge on any atom is 0.0957 e. The first-order valence-corrected chi connectivity index (χ1v) is 5.79. The van der Waals surface area contributed by atoms with Crippen LogP contribution in [0.25, 0.3) is 0 Å². The number of thiophene rings is 1. The van der Waals surface area contributed by atoms with Gasteiger partial charge in [0.1, 0.15) is 0 Å². The van der Waals surface area contributed by atoms with Crippen molar-refractivity contribution in [1.29, 1.82) is 0 Å². The van der Waals surface area contributed by atoms with Crippen LogP contribution in [-0.2, 0) is 0 Å². The van der Waals surface area contributed by atoms with Crippen molar-refractivity contribution in [2.45, 2.75) is 6.92 Å². The lowest BCUT2D eigenvalue weighted by Gasteiger charge is -2.10. The van der Waals surface area contributed by atoms with E-state index >= 15 is 0 Å². The third-order valence-corrected chi connectivity index (χ3v) is 3.39. The minimum atomic E-state index is 0.641. The zero-order valence-electron chi connectivity index (χ0n) is 8.25. The summed E-state index contributed by atoms with van der Waals surface area (Å²) in [5.74, 6) is 0. The van der Waals surface area contributed by atoms with E-state index in [1.54, 1.807) is 11.3 Å². The molecule has 2 nitrogen and oxygen atoms in total. The average Bonchev–Trinajstić information content (AvgIpc) is 2.58. The molecule has 0 aliphatic carbocycles. The van der Waals surface area contributed by atoms with Crippen molar-refractivity contribution in [2.75, 3.05) is 11.1 Å². The minimum absolute atomic E-state index is 0.641. The van der Waals surface area contributed by atoms with Crippen molar-refractivity contribution in [3.8, 4) is 0 Å². The number of anilines is 3. The highest BCUT2D eigenvalue weighted by Gasteiger charge is 2.06. The molecular formula is C11H11ClN2S. The number of halogens is 1. The molecule has 0 aliphatic rings. The van der Waals surface area contributed by atoms with Gasteiger partial charge in [-0.1, -0.05) is 17.7 Å². The average molecular weight is 239 g/mol. The summed E-state index contributed by atoms with van der Waals surface area (Å²) in [5, 5.41) is 7.00. The number of aryl methyl sites for hydroxylation is 1. The molecule has 0 fully saturated rings. The molecule has 0 saturated carbocycles. The van der Waals surface area contributed by atoms with Crippen molar-refractivity contribution in [3.05, 3.63) is 40.2 Å². The molecule has 0 bridgehead atoms. The van der Waals surface area contributed by atoms with Crippen molar-refractivity contribution in [2.24, 2.45) is 0 Å². The van der Waals surface area contributed by atoms with Crippen LogP contribution >= 0.6 is 22.9 Å². The second-order valence-corrected chi connectivity index (χ2v) is 4.59. The molecule has 78 valence electrons. The zero-order valence-corrected chi connectivity index (χ0v) is 9.82. The van der Waals surface area contributed by atoms with E-state index in [1.165, 1.54) is 5.56 Å². The predicted molar refractivity (Wildman–Crippen MR) is 68.2 cm³/mol. The number of hydrogen-bond donors (Lipinski definition) is 2. The van der Waals surface area contributed by atoms with Gasteiger partial charge >= 0.3 is 0 Å². The van der Waals surface area contributed by atoms with Crippen LogP contribution in [-0.4, -0.2) is 0 Å². The van der Waals surface area contributed by atoms with Crippen LogP contribution in [0, 0.1) is 6.92 Å². The van der Waals surface area contributed by atoms with Gasteiger partial charge in [-0.25, -0.2) is 0 Å². The fourth-order valence-corrected chi connectivity index (χ4v) is 2.34. The first-order chi connectivity index (χ1) is 7.18. The maximum atomic E-state index is 6.06. The number of para-hydroxylation sites is 1. The van der Waals surface area contributed by atoms with Gasteiger partial charge in [0.2, 0.25) is 0 Å². The summed E-state index contributed by atoms with van der Waals surface area (Å²) in [5.41, 5.74) is 8.48. The first kappa shape index (κ1) is 10.3. The lowest BCUT2D eigenvalue weighted by Crippen LogP contribution is -1.96. The molecule has 0 radical (unpaired) electrons. The lowest BCUT2D eigenvalue weighted by molar-refractivity contribution is 1.50. The summed E-state index contributed by atoms with van der Waals surface area (Å²) in [4.78, 5) is 0. The topological polar surface area (TPSA) is 38.0 Å². The molecule has 1 heterocycles. The summed E-state index contributed by atoms with van der Waals surface area (Å²) in [6, 6.07) is 7.55. The molecule has 15 heavy (non-hydrogen) atoms. The van der Waals surface area contributed by atoms with Crippen molar-refractivity contribution < 1.29 is 0 Å². The van der Waals surface area contributed by atoms with E-state index in [0.29, 0.717) is 10.7 Å². The molecule has 3 N–H and O–H groups in total. The van der Waals surface area contributed by atoms with Crippen LogP contribution in [0.2, 0.25) is 5.02 Å². The van der Waals surface area contributed by atoms with E-state index in [4.69, 9.17) is 17.3 Å². The standard InChI is InChI=1S/C11H11ClN2S/c1-7-5-6-15-11(7)14-10-8(12)3-2-4-9(10)13/h2-6,14H,13H2,1H3. The number of nitrogens with two attached hydrogens (primary N) is 1. The summed E-state index contributed by atoms with van der Waals surface area (Å²) < 4.78 is 0. The molecule has 0 unspecified atom stereocenters. The Bertz CT molecular complexity index is 459. The second kappa shape index (κ2) is 4.13. The zero-order chi connectivity index (χ0) is 10.8. The van der Waals surface area contributed by atoms with Crippen LogP contribution < -0.4 is 11.1 Å². The quantitative estimate of drug-likeness (QED) is 0.775. The Balaban J connectivity index is 2.36. The highest BCUT2D eigenvalue weighted by Crippen LogP contribution is 2.34. The Morgan fingerprint density at radius 2 is 2.13 bits per heavy atom. The van der Waals surface area contributed by atoms with Gasteiger partial charge in [-0.15, -0.1) is 11.3 Å². The smallest absolute Gasteiger partial charge is 0.0957 e. The van der Waals surface area contributed by atoms with Gasteiger partial charge < -0.3 is 11.1 Å². The van der Waals surface area contributed by atoms with E-state index < -0.39 is 0 Å². The molecule has 4 heteroatoms. The van der Waals surface area contributed by atoms with E-state index in [0.717, 1.165) is 10.7 Å². The van der Waals surface area contributed by atoms with E-state index in [-0.39, 0.29) is 0 Å². The first-order valence-electron chi connectivity index (χ1n) is 4.53. The molecule has 0 saturated heterocycles. The SMILES string of the molecule is Cc1ccsc1Nc1c(N)cccc1Cl. The Labute approximate surface area is 97.7 Å². The van der Waals surface area contributed by atoms with Gasteiger partial charge in [0, 0.05) is 0 Å². The fraction of sp³-hybridized carbons (Fsp3) is 0.0909. The highest BCUT2D eigenvalue weighted by atomic mass is 35.5. The van der Waals surface area contributed by atoms with Gasteiger partial charge in [-0.2, -0.15) is 0 Å². The summed E-state index contributed by atoms with van der Waals surface area (Å²) >= 11 is 7.70. The number of nitrogens with one attached hydrogen (secondary N) is 1. The van der Waals surface area contributed by atoms with E-state index in [2.05, 4.69) is 11.4 Å². The molecule has 1 aromatic heterocycles. The van der Waals surface area contributed by atoms with Gasteiger partial charge in [-0.3, -0.25) is 0 Å². The molecule has 1 aromatic carbocycles. The normalized spacial score (nSPS) is 10.3. The van der Waals surface area contributed by atoms with Crippen LogP contribution in [0.4, 0.5) is 16.4 Å². The summed E-state index contributed by atoms with van der Waals surface area (Å²) in [6.07, 6.45) is 0. The summed E-state index contributed by atoms with van der Waals surface area (Å²) in [7, 11) is 0. The molecule has 0 aliphatic heterocycles. The number of hydrogen-bond acceptors (Lipinski definition) is 3. The second-order valence-electron chi connectivity index (χ2n) is 3.26. The Morgan fingerprint density at radius 1 is 1.33 bits per heavy atom. The van der Waals surface area contributed by atoms with Gasteiger partial charge in [0.15, 0.2) is 0 Å². The molecule has 2 rings (SSSR count). The Hall–Kier alpha value is -1.19. The van der Waals surface area contributed by atoms with Crippen LogP contribution in [0.15, 0.2) is 29.6 Å². The molecule has 0 atom stereocenters. The van der Waals surface area contributed by atoms with E-state index in [1.807, 2.05) is 30.5 Å². The van der Waals surface area contributed by atoms with Gasteiger partial charge in [0.25, 0.3) is 0 Å². The third kappa shape index (κ3) is 2.08. The molecule has 0 spiro atoms. The Morgan fingerprint density at radius 3 is 2.73 bits per heavy atom. The molecule has 0 amide bonds. The number of rotatable bonds is 2. The van der Waals surface area contributed by atoms with Crippen LogP contribution in [0.5, 0.6) is 0 Å². The predicted octanol–water partition coefficient (Wildman–Crippen LogP) is 4.04. The number of nitrogen functional groups attached to an aromatic ring is 1. The largest absolute Gasteiger partial charge is 0.397 e. The van der Waals surface area contributed by atoms with Crippen molar-refractivity contribution in [1.82, 2.24) is 0 Å². The van der Waals surface area contributed by atoms with Gasteiger partial charge in [0.05, 0.1) is 21.4 Å². The monoisotopic (exact) mass is 238 g/mol. The molecular weight excluding hydrogens is 228 g/mol. The maximum absolute atomic E-state index is 6.06. The van der Waals surface area contributed by atoms with Crippen LogP contribution in [0.1, 0.15) is 5.56 Å². The van der Waals surface area contributed by atoms with Crippen LogP contribution in [0.3, 0.4) is 0 Å². The van der Waals surface area contributed by atoms with Crippen molar-refractivity contribution >= 4 is 39.3 Å². The third-order valence-electron chi connectivity index (χ3n) is 2.15. The Kier molecular flexibility index (Phi) is 2.84. The highest BCUT2D eigenvalue weighted by molar-refractivity contribution is 7.14. The lowest BCUT2D eigenvalue weighted by atomic mass is 10.2. The fourth-order valence-electron chi connectivity index (χ4n) is 1.29. The number of benzene rings is 1. The summed E-state index contributed by atoms with van der Waals surface area (Å²) in [6.45, 7) is 2.05. The van der Waals surface area contributed by atoms with E-state index in [9.17, 15) is 0 Å². The molecule has 2 aromatic rings.